The Labute approximate surface area is 182 Å². The highest BCUT2D eigenvalue weighted by molar-refractivity contribution is 7.89. The Bertz CT molecular complexity index is 1040. The third-order valence-electron chi connectivity index (χ3n) is 5.53. The number of morpholine rings is 1. The van der Waals surface area contributed by atoms with Gasteiger partial charge in [0.2, 0.25) is 10.0 Å². The van der Waals surface area contributed by atoms with Crippen LogP contribution in [-0.2, 0) is 14.8 Å². The number of carbonyl (C=O) groups excluding carboxylic acids is 1. The van der Waals surface area contributed by atoms with E-state index in [1.165, 1.54) is 10.4 Å². The van der Waals surface area contributed by atoms with E-state index in [1.807, 2.05) is 19.9 Å². The van der Waals surface area contributed by atoms with Gasteiger partial charge in [-0.25, -0.2) is 18.4 Å². The van der Waals surface area contributed by atoms with Gasteiger partial charge in [-0.1, -0.05) is 6.07 Å². The maximum absolute atomic E-state index is 13.1. The number of aryl methyl sites for hydroxylation is 2. The Hall–Kier alpha value is -2.56. The summed E-state index contributed by atoms with van der Waals surface area (Å²) in [5.74, 6) is 1.44. The van der Waals surface area contributed by atoms with Crippen LogP contribution in [-0.4, -0.2) is 86.0 Å². The highest BCUT2D eigenvalue weighted by Crippen LogP contribution is 2.21. The number of ether oxygens (including phenoxy) is 1. The fourth-order valence-corrected chi connectivity index (χ4v) is 5.36. The molecule has 1 amide bonds. The Morgan fingerprint density at radius 1 is 0.968 bits per heavy atom. The van der Waals surface area contributed by atoms with Crippen molar-refractivity contribution in [1.82, 2.24) is 19.2 Å². The lowest BCUT2D eigenvalue weighted by Gasteiger charge is -2.35. The first-order valence-electron chi connectivity index (χ1n) is 10.4. The number of rotatable bonds is 4. The van der Waals surface area contributed by atoms with Gasteiger partial charge in [-0.05, 0) is 32.0 Å². The first kappa shape index (κ1) is 21.7. The minimum atomic E-state index is -3.64. The molecule has 0 bridgehead atoms. The largest absolute Gasteiger partial charge is 0.379 e. The normalized spacial score (nSPS) is 18.3. The third-order valence-corrected chi connectivity index (χ3v) is 7.43. The molecular formula is C21H27N5O4S. The predicted octanol–water partition coefficient (Wildman–Crippen LogP) is 1.08. The fraction of sp³-hybridized carbons (Fsp3) is 0.476. The molecule has 10 heteroatoms. The van der Waals surface area contributed by atoms with Crippen LogP contribution >= 0.6 is 0 Å². The molecule has 0 unspecified atom stereocenters. The second kappa shape index (κ2) is 8.89. The van der Waals surface area contributed by atoms with Crippen LogP contribution in [0.4, 0.5) is 5.82 Å². The second-order valence-corrected chi connectivity index (χ2v) is 9.68. The zero-order valence-corrected chi connectivity index (χ0v) is 18.6. The van der Waals surface area contributed by atoms with Gasteiger partial charge < -0.3 is 14.5 Å². The maximum atomic E-state index is 13.1. The van der Waals surface area contributed by atoms with E-state index in [0.29, 0.717) is 58.0 Å². The highest BCUT2D eigenvalue weighted by atomic mass is 32.2. The molecule has 0 spiro atoms. The van der Waals surface area contributed by atoms with E-state index in [9.17, 15) is 13.2 Å². The molecule has 0 atom stereocenters. The summed E-state index contributed by atoms with van der Waals surface area (Å²) in [6.07, 6.45) is 0. The number of piperazine rings is 1. The smallest absolute Gasteiger partial charge is 0.254 e. The molecule has 2 fully saturated rings. The summed E-state index contributed by atoms with van der Waals surface area (Å²) >= 11 is 0. The molecule has 2 aliphatic rings. The molecule has 0 N–H and O–H groups in total. The van der Waals surface area contributed by atoms with E-state index in [4.69, 9.17) is 4.74 Å². The van der Waals surface area contributed by atoms with Crippen LogP contribution in [0.2, 0.25) is 0 Å². The van der Waals surface area contributed by atoms with Crippen LogP contribution in [0.15, 0.2) is 35.2 Å². The summed E-state index contributed by atoms with van der Waals surface area (Å²) in [5, 5.41) is 0. The zero-order chi connectivity index (χ0) is 22.0. The number of aromatic nitrogens is 2. The van der Waals surface area contributed by atoms with Crippen LogP contribution < -0.4 is 4.90 Å². The number of hydrogen-bond acceptors (Lipinski definition) is 7. The van der Waals surface area contributed by atoms with Crippen LogP contribution in [0.25, 0.3) is 0 Å². The van der Waals surface area contributed by atoms with Crippen molar-refractivity contribution in [1.29, 1.82) is 0 Å². The van der Waals surface area contributed by atoms with Crippen molar-refractivity contribution in [2.24, 2.45) is 0 Å². The minimum absolute atomic E-state index is 0.144. The number of carbonyl (C=O) groups is 1. The maximum Gasteiger partial charge on any atom is 0.254 e. The zero-order valence-electron chi connectivity index (χ0n) is 17.8. The Kier molecular flexibility index (Phi) is 6.22. The molecule has 3 heterocycles. The van der Waals surface area contributed by atoms with Gasteiger partial charge in [0.05, 0.1) is 18.1 Å². The summed E-state index contributed by atoms with van der Waals surface area (Å²) in [6, 6.07) is 8.27. The van der Waals surface area contributed by atoms with E-state index in [1.54, 1.807) is 23.1 Å². The monoisotopic (exact) mass is 445 g/mol. The van der Waals surface area contributed by atoms with Crippen LogP contribution in [0.5, 0.6) is 0 Å². The van der Waals surface area contributed by atoms with Gasteiger partial charge in [-0.2, -0.15) is 4.31 Å². The third kappa shape index (κ3) is 4.70. The topological polar surface area (TPSA) is 95.9 Å². The molecule has 2 aliphatic heterocycles. The van der Waals surface area contributed by atoms with Gasteiger partial charge >= 0.3 is 0 Å². The van der Waals surface area contributed by atoms with Gasteiger partial charge in [0.15, 0.2) is 0 Å². The standard InChI is InChI=1S/C21H27N5O4S/c1-16-14-20(23-17(2)22-16)24-6-8-25(9-7-24)21(27)18-4-3-5-19(15-18)31(28,29)26-10-12-30-13-11-26/h3-5,14-15H,6-13H2,1-2H3. The minimum Gasteiger partial charge on any atom is -0.379 e. The number of amides is 1. The van der Waals surface area contributed by atoms with Crippen molar-refractivity contribution < 1.29 is 17.9 Å². The van der Waals surface area contributed by atoms with Crippen molar-refractivity contribution >= 4 is 21.7 Å². The SMILES string of the molecule is Cc1cc(N2CCN(C(=O)c3cccc(S(=O)(=O)N4CCOCC4)c3)CC2)nc(C)n1. The summed E-state index contributed by atoms with van der Waals surface area (Å²) < 4.78 is 32.5. The van der Waals surface area contributed by atoms with Crippen LogP contribution in [0.1, 0.15) is 21.9 Å². The van der Waals surface area contributed by atoms with Gasteiger partial charge in [-0.3, -0.25) is 4.79 Å². The average molecular weight is 446 g/mol. The van der Waals surface area contributed by atoms with E-state index >= 15 is 0 Å². The van der Waals surface area contributed by atoms with Crippen molar-refractivity contribution in [2.45, 2.75) is 18.7 Å². The van der Waals surface area contributed by atoms with E-state index in [2.05, 4.69) is 14.9 Å². The Balaban J connectivity index is 1.45. The van der Waals surface area contributed by atoms with E-state index in [-0.39, 0.29) is 10.8 Å². The van der Waals surface area contributed by atoms with E-state index in [0.717, 1.165) is 17.3 Å². The van der Waals surface area contributed by atoms with Gasteiger partial charge in [-0.15, -0.1) is 0 Å². The molecule has 0 aliphatic carbocycles. The van der Waals surface area contributed by atoms with Crippen molar-refractivity contribution in [3.8, 4) is 0 Å². The molecule has 1 aromatic carbocycles. The van der Waals surface area contributed by atoms with Crippen molar-refractivity contribution in [3.63, 3.8) is 0 Å². The van der Waals surface area contributed by atoms with E-state index < -0.39 is 10.0 Å². The average Bonchev–Trinajstić information content (AvgIpc) is 2.79. The predicted molar refractivity (Wildman–Crippen MR) is 116 cm³/mol. The summed E-state index contributed by atoms with van der Waals surface area (Å²) in [7, 11) is -3.64. The lowest BCUT2D eigenvalue weighted by Crippen LogP contribution is -2.49. The molecule has 31 heavy (non-hydrogen) atoms. The first-order chi connectivity index (χ1) is 14.8. The summed E-state index contributed by atoms with van der Waals surface area (Å²) in [6.45, 7) is 7.63. The molecule has 0 saturated carbocycles. The van der Waals surface area contributed by atoms with Crippen molar-refractivity contribution in [3.05, 3.63) is 47.4 Å². The number of hydrogen-bond donors (Lipinski definition) is 0. The van der Waals surface area contributed by atoms with Crippen LogP contribution in [0, 0.1) is 13.8 Å². The number of anilines is 1. The number of benzene rings is 1. The summed E-state index contributed by atoms with van der Waals surface area (Å²) in [5.41, 5.74) is 1.30. The summed E-state index contributed by atoms with van der Waals surface area (Å²) in [4.78, 5) is 25.9. The van der Waals surface area contributed by atoms with Crippen LogP contribution in [0.3, 0.4) is 0 Å². The molecule has 1 aromatic heterocycles. The molecular weight excluding hydrogens is 418 g/mol. The molecule has 0 radical (unpaired) electrons. The molecule has 166 valence electrons. The van der Waals surface area contributed by atoms with Gasteiger partial charge in [0, 0.05) is 56.6 Å². The first-order valence-corrected chi connectivity index (χ1v) is 11.8. The lowest BCUT2D eigenvalue weighted by atomic mass is 10.2. The molecule has 2 aromatic rings. The van der Waals surface area contributed by atoms with Gasteiger partial charge in [0.1, 0.15) is 11.6 Å². The molecule has 4 rings (SSSR count). The number of nitrogens with zero attached hydrogens (tertiary/aromatic N) is 5. The fourth-order valence-electron chi connectivity index (χ4n) is 3.91. The van der Waals surface area contributed by atoms with Gasteiger partial charge in [0.25, 0.3) is 5.91 Å². The second-order valence-electron chi connectivity index (χ2n) is 7.74. The molecule has 2 saturated heterocycles. The number of sulfonamides is 1. The van der Waals surface area contributed by atoms with Crippen molar-refractivity contribution in [2.75, 3.05) is 57.4 Å². The quantitative estimate of drug-likeness (QED) is 0.695. The highest BCUT2D eigenvalue weighted by Gasteiger charge is 2.28. The lowest BCUT2D eigenvalue weighted by molar-refractivity contribution is 0.0729. The Morgan fingerprint density at radius 2 is 1.68 bits per heavy atom. The Morgan fingerprint density at radius 3 is 2.35 bits per heavy atom. The molecule has 9 nitrogen and oxygen atoms in total.